The highest BCUT2D eigenvalue weighted by Crippen LogP contribution is 2.34. The average Bonchev–Trinajstić information content (AvgIpc) is 2.88. The van der Waals surface area contributed by atoms with Crippen molar-refractivity contribution in [3.63, 3.8) is 0 Å². The molecule has 0 fully saturated rings. The number of carbonyl (C=O) groups excluding carboxylic acids is 2. The molecule has 122 valence electrons. The van der Waals surface area contributed by atoms with Crippen LogP contribution in [0, 0.1) is 6.92 Å². The molecule has 0 saturated heterocycles. The average molecular weight is 351 g/mol. The molecule has 6 nitrogen and oxygen atoms in total. The molecule has 0 aliphatic heterocycles. The van der Waals surface area contributed by atoms with Gasteiger partial charge >= 0.3 is 5.97 Å². The molecule has 0 spiro atoms. The zero-order valence-corrected chi connectivity index (χ0v) is 14.7. The minimum atomic E-state index is -0.430. The molecule has 2 aromatic rings. The van der Waals surface area contributed by atoms with E-state index in [1.165, 1.54) is 30.2 Å². The second-order valence-electron chi connectivity index (χ2n) is 4.55. The van der Waals surface area contributed by atoms with Gasteiger partial charge in [-0.05, 0) is 25.0 Å². The van der Waals surface area contributed by atoms with E-state index in [1.807, 2.05) is 13.8 Å². The van der Waals surface area contributed by atoms with Gasteiger partial charge in [-0.15, -0.1) is 11.3 Å². The maximum absolute atomic E-state index is 12.1. The quantitative estimate of drug-likeness (QED) is 0.490. The molecule has 2 rings (SSSR count). The van der Waals surface area contributed by atoms with Crippen LogP contribution in [0.4, 0.5) is 5.00 Å². The summed E-state index contributed by atoms with van der Waals surface area (Å²) < 4.78 is 4.83. The van der Waals surface area contributed by atoms with Crippen LogP contribution >= 0.6 is 23.1 Å². The standard InChI is InChI=1S/C15H17N3O3S2/c1-4-10-9(2)23-13(12(10)14(20)21-3)18-11(19)8-22-15-16-6-5-7-17-15/h5-7H,4,8H2,1-3H3,(H,18,19). The Morgan fingerprint density at radius 2 is 2.04 bits per heavy atom. The molecule has 8 heteroatoms. The molecule has 1 amide bonds. The molecular formula is C15H17N3O3S2. The van der Waals surface area contributed by atoms with Crippen LogP contribution in [0.25, 0.3) is 0 Å². The van der Waals surface area contributed by atoms with Gasteiger partial charge < -0.3 is 10.1 Å². The summed E-state index contributed by atoms with van der Waals surface area (Å²) >= 11 is 2.62. The number of methoxy groups -OCH3 is 1. The van der Waals surface area contributed by atoms with Crippen LogP contribution in [0.3, 0.4) is 0 Å². The number of esters is 1. The van der Waals surface area contributed by atoms with E-state index in [-0.39, 0.29) is 11.7 Å². The number of hydrogen-bond donors (Lipinski definition) is 1. The van der Waals surface area contributed by atoms with Crippen LogP contribution < -0.4 is 5.32 Å². The smallest absolute Gasteiger partial charge is 0.341 e. The fraction of sp³-hybridized carbons (Fsp3) is 0.333. The highest BCUT2D eigenvalue weighted by molar-refractivity contribution is 7.99. The topological polar surface area (TPSA) is 81.2 Å². The molecule has 0 unspecified atom stereocenters. The van der Waals surface area contributed by atoms with Crippen molar-refractivity contribution in [3.8, 4) is 0 Å². The lowest BCUT2D eigenvalue weighted by atomic mass is 10.1. The number of anilines is 1. The fourth-order valence-corrected chi connectivity index (χ4v) is 3.82. The molecule has 0 aliphatic carbocycles. The third kappa shape index (κ3) is 4.29. The lowest BCUT2D eigenvalue weighted by Crippen LogP contribution is -2.16. The predicted molar refractivity (Wildman–Crippen MR) is 91.2 cm³/mol. The van der Waals surface area contributed by atoms with E-state index < -0.39 is 5.97 Å². The SMILES string of the molecule is CCc1c(C)sc(NC(=O)CSc2ncccn2)c1C(=O)OC. The summed E-state index contributed by atoms with van der Waals surface area (Å²) in [6.07, 6.45) is 3.95. The van der Waals surface area contributed by atoms with Crippen molar-refractivity contribution in [3.05, 3.63) is 34.5 Å². The molecule has 0 aromatic carbocycles. The van der Waals surface area contributed by atoms with Crippen molar-refractivity contribution in [1.29, 1.82) is 0 Å². The van der Waals surface area contributed by atoms with Crippen LogP contribution in [0.1, 0.15) is 27.7 Å². The summed E-state index contributed by atoms with van der Waals surface area (Å²) in [5.41, 5.74) is 1.36. The van der Waals surface area contributed by atoms with Crippen molar-refractivity contribution in [1.82, 2.24) is 9.97 Å². The summed E-state index contributed by atoms with van der Waals surface area (Å²) in [7, 11) is 1.34. The Hall–Kier alpha value is -1.93. The number of aryl methyl sites for hydroxylation is 1. The number of ether oxygens (including phenoxy) is 1. The molecule has 0 radical (unpaired) electrons. The van der Waals surface area contributed by atoms with Gasteiger partial charge in [-0.1, -0.05) is 18.7 Å². The minimum Gasteiger partial charge on any atom is -0.465 e. The summed E-state index contributed by atoms with van der Waals surface area (Å²) in [4.78, 5) is 33.2. The maximum atomic E-state index is 12.1. The fourth-order valence-electron chi connectivity index (χ4n) is 2.06. The van der Waals surface area contributed by atoms with Crippen molar-refractivity contribution in [2.24, 2.45) is 0 Å². The van der Waals surface area contributed by atoms with Gasteiger partial charge in [0.25, 0.3) is 0 Å². The Morgan fingerprint density at radius 3 is 2.65 bits per heavy atom. The van der Waals surface area contributed by atoms with E-state index in [1.54, 1.807) is 18.5 Å². The number of aromatic nitrogens is 2. The number of carbonyl (C=O) groups is 2. The van der Waals surface area contributed by atoms with E-state index in [2.05, 4.69) is 15.3 Å². The van der Waals surface area contributed by atoms with Crippen LogP contribution in [-0.2, 0) is 16.0 Å². The number of nitrogens with zero attached hydrogens (tertiary/aromatic N) is 2. The lowest BCUT2D eigenvalue weighted by Gasteiger charge is -2.06. The Kier molecular flexibility index (Phi) is 6.12. The number of hydrogen-bond acceptors (Lipinski definition) is 7. The summed E-state index contributed by atoms with van der Waals surface area (Å²) in [5, 5.41) is 3.86. The molecule has 2 heterocycles. The zero-order chi connectivity index (χ0) is 16.8. The van der Waals surface area contributed by atoms with Crippen molar-refractivity contribution >= 4 is 40.0 Å². The van der Waals surface area contributed by atoms with E-state index in [0.29, 0.717) is 22.1 Å². The normalized spacial score (nSPS) is 10.4. The Balaban J connectivity index is 2.10. The van der Waals surface area contributed by atoms with Gasteiger partial charge in [0.2, 0.25) is 5.91 Å². The van der Waals surface area contributed by atoms with Crippen LogP contribution in [0.2, 0.25) is 0 Å². The van der Waals surface area contributed by atoms with Gasteiger partial charge in [0.1, 0.15) is 5.00 Å². The first kappa shape index (κ1) is 17.4. The molecule has 0 atom stereocenters. The number of thioether (sulfide) groups is 1. The number of thiophene rings is 1. The number of rotatable bonds is 6. The van der Waals surface area contributed by atoms with Crippen molar-refractivity contribution in [2.75, 3.05) is 18.2 Å². The Labute approximate surface area is 142 Å². The van der Waals surface area contributed by atoms with Crippen LogP contribution in [-0.4, -0.2) is 34.7 Å². The molecule has 23 heavy (non-hydrogen) atoms. The second-order valence-corrected chi connectivity index (χ2v) is 6.72. The largest absolute Gasteiger partial charge is 0.465 e. The van der Waals surface area contributed by atoms with E-state index in [4.69, 9.17) is 4.74 Å². The van der Waals surface area contributed by atoms with Gasteiger partial charge in [-0.3, -0.25) is 4.79 Å². The molecule has 0 saturated carbocycles. The van der Waals surface area contributed by atoms with Gasteiger partial charge in [0.15, 0.2) is 5.16 Å². The van der Waals surface area contributed by atoms with Gasteiger partial charge in [-0.25, -0.2) is 14.8 Å². The molecule has 0 bridgehead atoms. The maximum Gasteiger partial charge on any atom is 0.341 e. The summed E-state index contributed by atoms with van der Waals surface area (Å²) in [5.74, 6) is -0.472. The van der Waals surface area contributed by atoms with E-state index in [9.17, 15) is 9.59 Å². The van der Waals surface area contributed by atoms with Gasteiger partial charge in [-0.2, -0.15) is 0 Å². The first-order valence-electron chi connectivity index (χ1n) is 6.97. The highest BCUT2D eigenvalue weighted by Gasteiger charge is 2.23. The summed E-state index contributed by atoms with van der Waals surface area (Å²) in [6.45, 7) is 3.90. The first-order valence-corrected chi connectivity index (χ1v) is 8.77. The van der Waals surface area contributed by atoms with E-state index >= 15 is 0 Å². The van der Waals surface area contributed by atoms with Crippen molar-refractivity contribution in [2.45, 2.75) is 25.4 Å². The molecule has 2 aromatic heterocycles. The minimum absolute atomic E-state index is 0.170. The molecule has 0 aliphatic rings. The first-order chi connectivity index (χ1) is 11.1. The Bertz CT molecular complexity index is 701. The zero-order valence-electron chi connectivity index (χ0n) is 13.1. The second kappa shape index (κ2) is 8.07. The number of amides is 1. The Morgan fingerprint density at radius 1 is 1.35 bits per heavy atom. The predicted octanol–water partition coefficient (Wildman–Crippen LogP) is 2.93. The van der Waals surface area contributed by atoms with Crippen LogP contribution in [0.5, 0.6) is 0 Å². The van der Waals surface area contributed by atoms with Crippen LogP contribution in [0.15, 0.2) is 23.6 Å². The third-order valence-corrected chi connectivity index (χ3v) is 5.02. The summed E-state index contributed by atoms with van der Waals surface area (Å²) in [6, 6.07) is 1.72. The molecular weight excluding hydrogens is 334 g/mol. The lowest BCUT2D eigenvalue weighted by molar-refractivity contribution is -0.113. The van der Waals surface area contributed by atoms with Gasteiger partial charge in [0, 0.05) is 17.3 Å². The van der Waals surface area contributed by atoms with Gasteiger partial charge in [0.05, 0.1) is 18.4 Å². The monoisotopic (exact) mass is 351 g/mol. The third-order valence-electron chi connectivity index (χ3n) is 3.08. The highest BCUT2D eigenvalue weighted by atomic mass is 32.2. The van der Waals surface area contributed by atoms with Crippen molar-refractivity contribution < 1.29 is 14.3 Å². The number of nitrogens with one attached hydrogen (secondary N) is 1. The van der Waals surface area contributed by atoms with E-state index in [0.717, 1.165) is 10.4 Å². The molecule has 1 N–H and O–H groups in total.